The summed E-state index contributed by atoms with van der Waals surface area (Å²) in [5.74, 6) is 0.572. The summed E-state index contributed by atoms with van der Waals surface area (Å²) in [5.41, 5.74) is 1.80. The first kappa shape index (κ1) is 17.6. The monoisotopic (exact) mass is 353 g/mol. The first-order valence-corrected chi connectivity index (χ1v) is 8.40. The van der Waals surface area contributed by atoms with Gasteiger partial charge in [0.05, 0.1) is 18.2 Å². The first-order valence-electron chi connectivity index (χ1n) is 7.08. The standard InChI is InChI=1S/C16H20ClN3O2S/c1-20(2)14(11-6-7-23-10-11)9-18-16(21)19-12-4-5-15(22-3)13(17)8-12/h4-8,10,14H,9H2,1-3H3,(H2,18,19,21)/t14-/m1/s1. The van der Waals surface area contributed by atoms with E-state index in [2.05, 4.69) is 27.0 Å². The Kier molecular flexibility index (Phi) is 6.27. The van der Waals surface area contributed by atoms with Crippen molar-refractivity contribution in [1.82, 2.24) is 10.2 Å². The third-order valence-electron chi connectivity index (χ3n) is 3.42. The van der Waals surface area contributed by atoms with Crippen molar-refractivity contribution in [2.24, 2.45) is 0 Å². The SMILES string of the molecule is COc1ccc(NC(=O)NC[C@H](c2ccsc2)N(C)C)cc1Cl. The van der Waals surface area contributed by atoms with Gasteiger partial charge in [-0.05, 0) is 54.7 Å². The zero-order valence-electron chi connectivity index (χ0n) is 13.3. The second-order valence-corrected chi connectivity index (χ2v) is 6.41. The van der Waals surface area contributed by atoms with Gasteiger partial charge in [0.25, 0.3) is 0 Å². The van der Waals surface area contributed by atoms with Crippen LogP contribution in [0.3, 0.4) is 0 Å². The van der Waals surface area contributed by atoms with E-state index in [0.717, 1.165) is 0 Å². The van der Waals surface area contributed by atoms with Gasteiger partial charge in [0.1, 0.15) is 5.75 Å². The van der Waals surface area contributed by atoms with E-state index in [1.54, 1.807) is 36.6 Å². The summed E-state index contributed by atoms with van der Waals surface area (Å²) in [6, 6.07) is 7.04. The Morgan fingerprint density at radius 1 is 1.39 bits per heavy atom. The fourth-order valence-electron chi connectivity index (χ4n) is 2.17. The average Bonchev–Trinajstić information content (AvgIpc) is 3.01. The number of likely N-dealkylation sites (N-methyl/N-ethyl adjacent to an activating group) is 1. The zero-order chi connectivity index (χ0) is 16.8. The van der Waals surface area contributed by atoms with Crippen LogP contribution in [0.4, 0.5) is 10.5 Å². The minimum absolute atomic E-state index is 0.131. The number of nitrogens with one attached hydrogen (secondary N) is 2. The van der Waals surface area contributed by atoms with Crippen molar-refractivity contribution in [2.45, 2.75) is 6.04 Å². The Labute approximate surface area is 145 Å². The molecule has 0 saturated carbocycles. The second kappa shape index (κ2) is 8.19. The maximum absolute atomic E-state index is 12.1. The highest BCUT2D eigenvalue weighted by Crippen LogP contribution is 2.27. The Morgan fingerprint density at radius 2 is 2.17 bits per heavy atom. The summed E-state index contributed by atoms with van der Waals surface area (Å²) in [5, 5.41) is 10.2. The molecule has 0 aliphatic heterocycles. The lowest BCUT2D eigenvalue weighted by Crippen LogP contribution is -2.36. The molecule has 2 aromatic rings. The van der Waals surface area contributed by atoms with Gasteiger partial charge in [0, 0.05) is 12.2 Å². The number of nitrogens with zero attached hydrogens (tertiary/aromatic N) is 1. The topological polar surface area (TPSA) is 53.6 Å². The van der Waals surface area contributed by atoms with E-state index in [4.69, 9.17) is 16.3 Å². The van der Waals surface area contributed by atoms with Gasteiger partial charge >= 0.3 is 6.03 Å². The molecule has 7 heteroatoms. The first-order chi connectivity index (χ1) is 11.0. The molecule has 124 valence electrons. The molecule has 0 aliphatic carbocycles. The van der Waals surface area contributed by atoms with Crippen molar-refractivity contribution in [3.8, 4) is 5.75 Å². The van der Waals surface area contributed by atoms with Crippen molar-refractivity contribution in [3.05, 3.63) is 45.6 Å². The van der Waals surface area contributed by atoms with Gasteiger partial charge in [-0.1, -0.05) is 11.6 Å². The molecule has 2 amide bonds. The normalized spacial score (nSPS) is 12.0. The number of thiophene rings is 1. The molecule has 1 heterocycles. The second-order valence-electron chi connectivity index (χ2n) is 5.22. The van der Waals surface area contributed by atoms with Crippen LogP contribution in [0.2, 0.25) is 5.02 Å². The summed E-state index contributed by atoms with van der Waals surface area (Å²) in [7, 11) is 5.53. The molecule has 2 N–H and O–H groups in total. The Hall–Kier alpha value is -1.76. The molecule has 0 saturated heterocycles. The fraction of sp³-hybridized carbons (Fsp3) is 0.312. The summed E-state index contributed by atoms with van der Waals surface area (Å²) in [6.45, 7) is 0.513. The van der Waals surface area contributed by atoms with E-state index >= 15 is 0 Å². The number of carbonyl (C=O) groups excluding carboxylic acids is 1. The van der Waals surface area contributed by atoms with Gasteiger partial charge in [-0.2, -0.15) is 11.3 Å². The van der Waals surface area contributed by atoms with Gasteiger partial charge in [-0.25, -0.2) is 4.79 Å². The van der Waals surface area contributed by atoms with Crippen LogP contribution in [0.5, 0.6) is 5.75 Å². The zero-order valence-corrected chi connectivity index (χ0v) is 14.9. The number of carbonyl (C=O) groups is 1. The van der Waals surface area contributed by atoms with Crippen molar-refractivity contribution in [2.75, 3.05) is 33.1 Å². The van der Waals surface area contributed by atoms with Crippen LogP contribution in [0, 0.1) is 0 Å². The van der Waals surface area contributed by atoms with Gasteiger partial charge in [0.2, 0.25) is 0 Å². The summed E-state index contributed by atoms with van der Waals surface area (Å²) in [4.78, 5) is 14.1. The average molecular weight is 354 g/mol. The van der Waals surface area contributed by atoms with Crippen LogP contribution in [0.1, 0.15) is 11.6 Å². The van der Waals surface area contributed by atoms with Crippen LogP contribution in [0.15, 0.2) is 35.0 Å². The molecule has 0 spiro atoms. The molecule has 1 aromatic carbocycles. The van der Waals surface area contributed by atoms with Crippen LogP contribution >= 0.6 is 22.9 Å². The lowest BCUT2D eigenvalue weighted by molar-refractivity contribution is 0.243. The van der Waals surface area contributed by atoms with E-state index in [9.17, 15) is 4.79 Å². The largest absolute Gasteiger partial charge is 0.495 e. The van der Waals surface area contributed by atoms with Gasteiger partial charge in [0.15, 0.2) is 0 Å². The molecule has 23 heavy (non-hydrogen) atoms. The van der Waals surface area contributed by atoms with Crippen molar-refractivity contribution < 1.29 is 9.53 Å². The molecule has 1 aromatic heterocycles. The number of hydrogen-bond donors (Lipinski definition) is 2. The maximum atomic E-state index is 12.1. The summed E-state index contributed by atoms with van der Waals surface area (Å²) >= 11 is 7.69. The molecular formula is C16H20ClN3O2S. The number of ether oxygens (including phenoxy) is 1. The molecule has 0 radical (unpaired) electrons. The van der Waals surface area contributed by atoms with E-state index in [-0.39, 0.29) is 12.1 Å². The summed E-state index contributed by atoms with van der Waals surface area (Å²) < 4.78 is 5.09. The number of rotatable bonds is 6. The number of halogens is 1. The van der Waals surface area contributed by atoms with Gasteiger partial charge in [-0.15, -0.1) is 0 Å². The molecule has 0 bridgehead atoms. The molecule has 1 atom stereocenters. The third kappa shape index (κ3) is 4.86. The minimum Gasteiger partial charge on any atom is -0.495 e. The van der Waals surface area contributed by atoms with Gasteiger partial charge < -0.3 is 20.3 Å². The number of hydrogen-bond acceptors (Lipinski definition) is 4. The van der Waals surface area contributed by atoms with E-state index in [1.165, 1.54) is 5.56 Å². The predicted molar refractivity (Wildman–Crippen MR) is 95.8 cm³/mol. The van der Waals surface area contributed by atoms with E-state index in [1.807, 2.05) is 19.5 Å². The highest BCUT2D eigenvalue weighted by Gasteiger charge is 2.15. The highest BCUT2D eigenvalue weighted by atomic mass is 35.5. The molecule has 2 rings (SSSR count). The predicted octanol–water partition coefficient (Wildman–Crippen LogP) is 3.83. The molecule has 5 nitrogen and oxygen atoms in total. The Balaban J connectivity index is 1.93. The minimum atomic E-state index is -0.270. The number of methoxy groups -OCH3 is 1. The van der Waals surface area contributed by atoms with Crippen LogP contribution in [-0.4, -0.2) is 38.7 Å². The van der Waals surface area contributed by atoms with Crippen molar-refractivity contribution in [3.63, 3.8) is 0 Å². The smallest absolute Gasteiger partial charge is 0.319 e. The maximum Gasteiger partial charge on any atom is 0.319 e. The van der Waals surface area contributed by atoms with Crippen LogP contribution < -0.4 is 15.4 Å². The third-order valence-corrected chi connectivity index (χ3v) is 4.41. The fourth-order valence-corrected chi connectivity index (χ4v) is 3.14. The number of amides is 2. The Bertz CT molecular complexity index is 647. The molecular weight excluding hydrogens is 334 g/mol. The Morgan fingerprint density at radius 3 is 2.74 bits per heavy atom. The molecule has 0 unspecified atom stereocenters. The highest BCUT2D eigenvalue weighted by molar-refractivity contribution is 7.07. The van der Waals surface area contributed by atoms with Gasteiger partial charge in [-0.3, -0.25) is 0 Å². The van der Waals surface area contributed by atoms with E-state index in [0.29, 0.717) is 23.0 Å². The van der Waals surface area contributed by atoms with Crippen LogP contribution in [0.25, 0.3) is 0 Å². The quantitative estimate of drug-likeness (QED) is 0.829. The summed E-state index contributed by atoms with van der Waals surface area (Å²) in [6.07, 6.45) is 0. The van der Waals surface area contributed by atoms with E-state index < -0.39 is 0 Å². The molecule has 0 aliphatic rings. The molecule has 0 fully saturated rings. The van der Waals surface area contributed by atoms with Crippen molar-refractivity contribution >= 4 is 34.7 Å². The number of urea groups is 1. The number of benzene rings is 1. The lowest BCUT2D eigenvalue weighted by Gasteiger charge is -2.24. The number of anilines is 1. The lowest BCUT2D eigenvalue weighted by atomic mass is 10.1. The van der Waals surface area contributed by atoms with Crippen LogP contribution in [-0.2, 0) is 0 Å². The van der Waals surface area contributed by atoms with Crippen molar-refractivity contribution in [1.29, 1.82) is 0 Å².